The van der Waals surface area contributed by atoms with Crippen LogP contribution in [0, 0.1) is 6.92 Å². The Morgan fingerprint density at radius 1 is 1.27 bits per heavy atom. The van der Waals surface area contributed by atoms with Gasteiger partial charge >= 0.3 is 0 Å². The molecule has 2 aromatic carbocycles. The molecule has 2 aromatic rings. The number of benzene rings is 2. The van der Waals surface area contributed by atoms with Gasteiger partial charge in [-0.3, -0.25) is 14.5 Å². The highest BCUT2D eigenvalue weighted by Crippen LogP contribution is 2.39. The summed E-state index contributed by atoms with van der Waals surface area (Å²) in [5, 5.41) is 10.2. The SMILES string of the molecule is COc1cc(Cl)cc(/C=C2\SC(=O)N(Cc3ccccc3C)C2=O)c1O. The standard InChI is InChI=1S/C19H16ClNO4S/c1-11-5-3-4-6-12(11)10-21-18(23)16(26-19(21)24)8-13-7-14(20)9-15(25-2)17(13)22/h3-9,22H,10H2,1-2H3/b16-8-. The third-order valence-corrected chi connectivity index (χ3v) is 5.16. The summed E-state index contributed by atoms with van der Waals surface area (Å²) >= 11 is 6.85. The fourth-order valence-electron chi connectivity index (χ4n) is 2.60. The number of phenols is 1. The van der Waals surface area contributed by atoms with Gasteiger partial charge in [0, 0.05) is 16.7 Å². The number of amides is 2. The highest BCUT2D eigenvalue weighted by molar-refractivity contribution is 8.18. The molecule has 0 spiro atoms. The van der Waals surface area contributed by atoms with Gasteiger partial charge in [0.15, 0.2) is 11.5 Å². The van der Waals surface area contributed by atoms with E-state index in [9.17, 15) is 14.7 Å². The lowest BCUT2D eigenvalue weighted by Crippen LogP contribution is -2.27. The Kier molecular flexibility index (Phi) is 5.25. The smallest absolute Gasteiger partial charge is 0.293 e. The minimum absolute atomic E-state index is 0.136. The highest BCUT2D eigenvalue weighted by atomic mass is 35.5. The molecule has 1 N–H and O–H groups in total. The van der Waals surface area contributed by atoms with Gasteiger partial charge in [0.25, 0.3) is 11.1 Å². The number of nitrogens with zero attached hydrogens (tertiary/aromatic N) is 1. The summed E-state index contributed by atoms with van der Waals surface area (Å²) < 4.78 is 5.06. The summed E-state index contributed by atoms with van der Waals surface area (Å²) in [5.41, 5.74) is 2.23. The quantitative estimate of drug-likeness (QED) is 0.774. The van der Waals surface area contributed by atoms with Crippen molar-refractivity contribution < 1.29 is 19.4 Å². The fraction of sp³-hybridized carbons (Fsp3) is 0.158. The molecule has 0 bridgehead atoms. The lowest BCUT2D eigenvalue weighted by Gasteiger charge is -2.14. The summed E-state index contributed by atoms with van der Waals surface area (Å²) in [6.45, 7) is 2.14. The zero-order valence-corrected chi connectivity index (χ0v) is 15.7. The molecule has 26 heavy (non-hydrogen) atoms. The number of aryl methyl sites for hydroxylation is 1. The summed E-state index contributed by atoms with van der Waals surface area (Å²) in [5.74, 6) is -0.341. The lowest BCUT2D eigenvalue weighted by atomic mass is 10.1. The van der Waals surface area contributed by atoms with Crippen molar-refractivity contribution in [2.75, 3.05) is 7.11 Å². The molecule has 2 amide bonds. The van der Waals surface area contributed by atoms with E-state index in [0.717, 1.165) is 22.9 Å². The van der Waals surface area contributed by atoms with Crippen LogP contribution in [0.4, 0.5) is 4.79 Å². The summed E-state index contributed by atoms with van der Waals surface area (Å²) in [4.78, 5) is 26.4. The number of methoxy groups -OCH3 is 1. The van der Waals surface area contributed by atoms with Crippen LogP contribution in [-0.2, 0) is 11.3 Å². The first kappa shape index (κ1) is 18.4. The monoisotopic (exact) mass is 389 g/mol. The molecule has 1 aliphatic rings. The molecule has 1 aliphatic heterocycles. The van der Waals surface area contributed by atoms with Gasteiger partial charge in [-0.15, -0.1) is 0 Å². The van der Waals surface area contributed by atoms with Crippen molar-refractivity contribution in [2.24, 2.45) is 0 Å². The Bertz CT molecular complexity index is 926. The maximum absolute atomic E-state index is 12.7. The zero-order valence-electron chi connectivity index (χ0n) is 14.2. The minimum Gasteiger partial charge on any atom is -0.504 e. The molecule has 0 aromatic heterocycles. The van der Waals surface area contributed by atoms with Crippen LogP contribution in [0.3, 0.4) is 0 Å². The predicted molar refractivity (Wildman–Crippen MR) is 102 cm³/mol. The van der Waals surface area contributed by atoms with E-state index in [1.54, 1.807) is 0 Å². The van der Waals surface area contributed by atoms with Crippen molar-refractivity contribution in [3.8, 4) is 11.5 Å². The maximum atomic E-state index is 12.7. The van der Waals surface area contributed by atoms with Crippen molar-refractivity contribution in [2.45, 2.75) is 13.5 Å². The van der Waals surface area contributed by atoms with Gasteiger partial charge in [-0.1, -0.05) is 35.9 Å². The normalized spacial score (nSPS) is 15.8. The van der Waals surface area contributed by atoms with Gasteiger partial charge in [0.2, 0.25) is 0 Å². The second kappa shape index (κ2) is 7.43. The van der Waals surface area contributed by atoms with Crippen molar-refractivity contribution in [1.82, 2.24) is 4.90 Å². The Labute approximate surface area is 160 Å². The van der Waals surface area contributed by atoms with Crippen LogP contribution in [0.25, 0.3) is 6.08 Å². The molecule has 1 fully saturated rings. The van der Waals surface area contributed by atoms with E-state index in [-0.39, 0.29) is 28.2 Å². The number of halogens is 1. The topological polar surface area (TPSA) is 66.8 Å². The summed E-state index contributed by atoms with van der Waals surface area (Å²) in [6, 6.07) is 10.6. The predicted octanol–water partition coefficient (Wildman–Crippen LogP) is 4.60. The van der Waals surface area contributed by atoms with Crippen molar-refractivity contribution in [1.29, 1.82) is 0 Å². The number of thioether (sulfide) groups is 1. The molecule has 0 aliphatic carbocycles. The Morgan fingerprint density at radius 3 is 2.69 bits per heavy atom. The molecule has 0 atom stereocenters. The minimum atomic E-state index is -0.401. The molecular formula is C19H16ClNO4S. The molecule has 5 nitrogen and oxygen atoms in total. The Hall–Kier alpha value is -2.44. The van der Waals surface area contributed by atoms with E-state index < -0.39 is 5.91 Å². The Morgan fingerprint density at radius 2 is 2.00 bits per heavy atom. The number of hydrogen-bond acceptors (Lipinski definition) is 5. The van der Waals surface area contributed by atoms with Crippen LogP contribution in [0.5, 0.6) is 11.5 Å². The second-order valence-corrected chi connectivity index (χ2v) is 7.17. The second-order valence-electron chi connectivity index (χ2n) is 5.74. The fourth-order valence-corrected chi connectivity index (χ4v) is 3.64. The van der Waals surface area contributed by atoms with Gasteiger partial charge in [0.05, 0.1) is 18.6 Å². The van der Waals surface area contributed by atoms with Crippen LogP contribution in [0.2, 0.25) is 5.02 Å². The first-order valence-corrected chi connectivity index (χ1v) is 8.96. The van der Waals surface area contributed by atoms with Crippen LogP contribution in [0.1, 0.15) is 16.7 Å². The number of aromatic hydroxyl groups is 1. The molecule has 0 saturated carbocycles. The number of carbonyl (C=O) groups excluding carboxylic acids is 2. The lowest BCUT2D eigenvalue weighted by molar-refractivity contribution is -0.123. The number of phenolic OH excluding ortho intramolecular Hbond substituents is 1. The molecular weight excluding hydrogens is 374 g/mol. The average molecular weight is 390 g/mol. The van der Waals surface area contributed by atoms with Crippen LogP contribution < -0.4 is 4.74 Å². The summed E-state index contributed by atoms with van der Waals surface area (Å²) in [6.07, 6.45) is 1.45. The molecule has 7 heteroatoms. The average Bonchev–Trinajstić information content (AvgIpc) is 2.87. The zero-order chi connectivity index (χ0) is 18.8. The number of ether oxygens (including phenoxy) is 1. The van der Waals surface area contributed by atoms with Gasteiger partial charge < -0.3 is 9.84 Å². The number of imide groups is 1. The number of rotatable bonds is 4. The number of hydrogen-bond donors (Lipinski definition) is 1. The molecule has 0 radical (unpaired) electrons. The van der Waals surface area contributed by atoms with Gasteiger partial charge in [0.1, 0.15) is 0 Å². The summed E-state index contributed by atoms with van der Waals surface area (Å²) in [7, 11) is 1.41. The first-order valence-electron chi connectivity index (χ1n) is 7.77. The van der Waals surface area contributed by atoms with Gasteiger partial charge in [-0.25, -0.2) is 0 Å². The Balaban J connectivity index is 1.91. The van der Waals surface area contributed by atoms with Crippen molar-refractivity contribution >= 4 is 40.6 Å². The van der Waals surface area contributed by atoms with Gasteiger partial charge in [-0.2, -0.15) is 0 Å². The van der Waals surface area contributed by atoms with Gasteiger partial charge in [-0.05, 0) is 42.0 Å². The van der Waals surface area contributed by atoms with Crippen LogP contribution >= 0.6 is 23.4 Å². The van der Waals surface area contributed by atoms with E-state index in [1.165, 1.54) is 30.2 Å². The highest BCUT2D eigenvalue weighted by Gasteiger charge is 2.35. The van der Waals surface area contributed by atoms with E-state index in [4.69, 9.17) is 16.3 Å². The third kappa shape index (κ3) is 3.57. The molecule has 1 heterocycles. The first-order chi connectivity index (χ1) is 12.4. The van der Waals surface area contributed by atoms with E-state index in [1.807, 2.05) is 31.2 Å². The largest absolute Gasteiger partial charge is 0.504 e. The molecule has 1 saturated heterocycles. The molecule has 134 valence electrons. The van der Waals surface area contributed by atoms with Crippen LogP contribution in [0.15, 0.2) is 41.3 Å². The van der Waals surface area contributed by atoms with E-state index in [0.29, 0.717) is 10.6 Å². The van der Waals surface area contributed by atoms with E-state index >= 15 is 0 Å². The number of carbonyl (C=O) groups is 2. The van der Waals surface area contributed by atoms with Crippen molar-refractivity contribution in [3.05, 3.63) is 63.0 Å². The third-order valence-electron chi connectivity index (χ3n) is 4.04. The van der Waals surface area contributed by atoms with E-state index in [2.05, 4.69) is 0 Å². The van der Waals surface area contributed by atoms with Crippen LogP contribution in [-0.4, -0.2) is 28.3 Å². The molecule has 3 rings (SSSR count). The molecule has 0 unspecified atom stereocenters. The maximum Gasteiger partial charge on any atom is 0.293 e. The van der Waals surface area contributed by atoms with Crippen molar-refractivity contribution in [3.63, 3.8) is 0 Å².